The lowest BCUT2D eigenvalue weighted by Crippen LogP contribution is -2.32. The topological polar surface area (TPSA) is 3.24 Å². The molecule has 0 N–H and O–H groups in total. The highest BCUT2D eigenvalue weighted by Crippen LogP contribution is 2.66. The van der Waals surface area contributed by atoms with Gasteiger partial charge in [0.2, 0.25) is 0 Å². The summed E-state index contributed by atoms with van der Waals surface area (Å²) < 4.78 is 0. The highest BCUT2D eigenvalue weighted by molar-refractivity contribution is 6.12. The Morgan fingerprint density at radius 2 is 1.08 bits per heavy atom. The summed E-state index contributed by atoms with van der Waals surface area (Å²) in [6.45, 7) is 4.77. The van der Waals surface area contributed by atoms with Gasteiger partial charge >= 0.3 is 0 Å². The quantitative estimate of drug-likeness (QED) is 0.157. The second-order valence-electron chi connectivity index (χ2n) is 18.8. The molecule has 2 saturated carbocycles. The van der Waals surface area contributed by atoms with Gasteiger partial charge in [-0.1, -0.05) is 172 Å². The number of hydrogen-bond donors (Lipinski definition) is 0. The van der Waals surface area contributed by atoms with Gasteiger partial charge in [-0.15, -0.1) is 0 Å². The molecule has 0 radical (unpaired) electrons. The molecule has 0 amide bonds. The molecule has 61 heavy (non-hydrogen) atoms. The first-order chi connectivity index (χ1) is 30.0. The Labute approximate surface area is 359 Å². The van der Waals surface area contributed by atoms with Gasteiger partial charge in [-0.25, -0.2) is 0 Å². The van der Waals surface area contributed by atoms with E-state index in [9.17, 15) is 0 Å². The zero-order valence-electron chi connectivity index (χ0n) is 34.8. The Morgan fingerprint density at radius 3 is 1.92 bits per heavy atom. The third-order valence-electron chi connectivity index (χ3n) is 15.5. The molecule has 9 aromatic carbocycles. The Bertz CT molecular complexity index is 3260. The minimum atomic E-state index is -0.0841. The van der Waals surface area contributed by atoms with Crippen molar-refractivity contribution >= 4 is 38.6 Å². The summed E-state index contributed by atoms with van der Waals surface area (Å²) in [6.07, 6.45) is 5.34. The number of fused-ring (bicyclic) bond motifs is 14. The first-order valence-corrected chi connectivity index (χ1v) is 22.4. The summed E-state index contributed by atoms with van der Waals surface area (Å²) in [5.41, 5.74) is 20.1. The summed E-state index contributed by atoms with van der Waals surface area (Å²) >= 11 is 0. The Hall–Kier alpha value is -6.70. The van der Waals surface area contributed by atoms with E-state index < -0.39 is 0 Å². The van der Waals surface area contributed by atoms with E-state index in [4.69, 9.17) is 0 Å². The molecule has 3 atom stereocenters. The van der Waals surface area contributed by atoms with Crippen LogP contribution in [0.15, 0.2) is 188 Å². The van der Waals surface area contributed by atoms with Crippen molar-refractivity contribution in [3.8, 4) is 44.5 Å². The Kier molecular flexibility index (Phi) is 7.42. The normalized spacial score (nSPS) is 19.9. The minimum absolute atomic E-state index is 0.0841. The second-order valence-corrected chi connectivity index (χ2v) is 18.8. The average molecular weight is 782 g/mol. The predicted molar refractivity (Wildman–Crippen MR) is 256 cm³/mol. The van der Waals surface area contributed by atoms with Gasteiger partial charge in [0, 0.05) is 27.9 Å². The number of benzene rings is 9. The number of rotatable bonds is 5. The molecule has 9 aromatic rings. The summed E-state index contributed by atoms with van der Waals surface area (Å²) in [5.74, 6) is 1.53. The van der Waals surface area contributed by atoms with Crippen molar-refractivity contribution in [2.75, 3.05) is 4.90 Å². The molecule has 2 fully saturated rings. The molecule has 1 heteroatoms. The molecule has 0 heterocycles. The van der Waals surface area contributed by atoms with Crippen molar-refractivity contribution in [2.45, 2.75) is 50.4 Å². The van der Waals surface area contributed by atoms with Gasteiger partial charge in [-0.05, 0) is 156 Å². The molecule has 13 rings (SSSR count). The van der Waals surface area contributed by atoms with Crippen molar-refractivity contribution in [1.29, 1.82) is 0 Å². The number of hydrogen-bond acceptors (Lipinski definition) is 1. The van der Waals surface area contributed by atoms with Gasteiger partial charge in [0.05, 0.1) is 0 Å². The predicted octanol–water partition coefficient (Wildman–Crippen LogP) is 16.2. The first kappa shape index (κ1) is 35.1. The van der Waals surface area contributed by atoms with Crippen LogP contribution >= 0.6 is 0 Å². The molecule has 1 nitrogen and oxygen atoms in total. The molecule has 1 spiro atoms. The van der Waals surface area contributed by atoms with Crippen LogP contribution in [0.4, 0.5) is 17.1 Å². The lowest BCUT2D eigenvalue weighted by atomic mass is 9.67. The maximum absolute atomic E-state index is 2.59. The van der Waals surface area contributed by atoms with Crippen molar-refractivity contribution in [3.63, 3.8) is 0 Å². The van der Waals surface area contributed by atoms with E-state index in [2.05, 4.69) is 207 Å². The largest absolute Gasteiger partial charge is 0.310 e. The molecule has 4 aliphatic carbocycles. The second kappa shape index (κ2) is 12.9. The Balaban J connectivity index is 0.978. The molecule has 2 bridgehead atoms. The molecular formula is C60H47N. The third-order valence-corrected chi connectivity index (χ3v) is 15.5. The van der Waals surface area contributed by atoms with E-state index in [0.717, 1.165) is 17.3 Å². The van der Waals surface area contributed by atoms with E-state index in [-0.39, 0.29) is 10.8 Å². The summed E-state index contributed by atoms with van der Waals surface area (Å²) in [5, 5.41) is 5.14. The van der Waals surface area contributed by atoms with Gasteiger partial charge in [0.1, 0.15) is 0 Å². The average Bonchev–Trinajstić information content (AvgIpc) is 4.06. The van der Waals surface area contributed by atoms with Gasteiger partial charge in [0.25, 0.3) is 0 Å². The van der Waals surface area contributed by atoms with Crippen LogP contribution < -0.4 is 4.90 Å². The molecule has 292 valence electrons. The molecule has 4 aliphatic rings. The zero-order chi connectivity index (χ0) is 40.5. The molecule has 0 saturated heterocycles. The van der Waals surface area contributed by atoms with Crippen LogP contribution in [0.3, 0.4) is 0 Å². The van der Waals surface area contributed by atoms with Gasteiger partial charge in [-0.3, -0.25) is 0 Å². The van der Waals surface area contributed by atoms with Crippen LogP contribution in [-0.4, -0.2) is 0 Å². The van der Waals surface area contributed by atoms with Crippen molar-refractivity contribution in [2.24, 2.45) is 11.8 Å². The van der Waals surface area contributed by atoms with E-state index >= 15 is 0 Å². The van der Waals surface area contributed by atoms with Crippen molar-refractivity contribution in [1.82, 2.24) is 0 Å². The maximum atomic E-state index is 2.59. The highest BCUT2D eigenvalue weighted by atomic mass is 15.1. The lowest BCUT2D eigenvalue weighted by molar-refractivity contribution is 0.327. The summed E-state index contributed by atoms with van der Waals surface area (Å²) in [4.78, 5) is 2.52. The molecule has 0 aromatic heterocycles. The van der Waals surface area contributed by atoms with Crippen LogP contribution in [-0.2, 0) is 10.8 Å². The Morgan fingerprint density at radius 1 is 0.426 bits per heavy atom. The van der Waals surface area contributed by atoms with Gasteiger partial charge < -0.3 is 4.90 Å². The standard InChI is InChI=1S/C60H47N/c1-59(2)55-22-7-5-17-52(55)54-21-11-19-48(58(54)59)40-25-29-43(30-26-40)61(44-14-9-13-41(35-44)47-18-10-20-49-46-15-4-3-12-39(46)27-32-50(47)49)45-31-33-53-51-16-6-8-23-56(51)60(57(53)36-45)37-38-24-28-42(60)34-38/h3-23,25-27,29-33,35-36,38,42H,24,28,34,37H2,1-2H3. The van der Waals surface area contributed by atoms with E-state index in [1.54, 1.807) is 11.1 Å². The van der Waals surface area contributed by atoms with Crippen LogP contribution in [0.1, 0.15) is 61.8 Å². The molecule has 3 unspecified atom stereocenters. The SMILES string of the molecule is CC1(C)c2ccccc2-c2cccc(-c3ccc(N(c4cccc(-c5cccc6c5ccc5ccccc56)c4)c4ccc5c(c4)C4(CC6CCC4C6)c4ccccc4-5)cc3)c21. The fourth-order valence-electron chi connectivity index (χ4n) is 12.9. The molecular weight excluding hydrogens is 735 g/mol. The highest BCUT2D eigenvalue weighted by Gasteiger charge is 2.56. The summed E-state index contributed by atoms with van der Waals surface area (Å²) in [7, 11) is 0. The number of nitrogens with zero attached hydrogens (tertiary/aromatic N) is 1. The smallest absolute Gasteiger partial charge is 0.0467 e. The van der Waals surface area contributed by atoms with E-state index in [0.29, 0.717) is 5.92 Å². The van der Waals surface area contributed by atoms with Gasteiger partial charge in [-0.2, -0.15) is 0 Å². The van der Waals surface area contributed by atoms with Crippen molar-refractivity contribution in [3.05, 3.63) is 210 Å². The lowest BCUT2D eigenvalue weighted by Gasteiger charge is -2.37. The molecule has 0 aliphatic heterocycles. The number of anilines is 3. The van der Waals surface area contributed by atoms with Crippen LogP contribution in [0.25, 0.3) is 66.1 Å². The fraction of sp³-hybridized carbons (Fsp3) is 0.167. The first-order valence-electron chi connectivity index (χ1n) is 22.4. The fourth-order valence-corrected chi connectivity index (χ4v) is 12.9. The van der Waals surface area contributed by atoms with Gasteiger partial charge in [0.15, 0.2) is 0 Å². The maximum Gasteiger partial charge on any atom is 0.0467 e. The summed E-state index contributed by atoms with van der Waals surface area (Å²) in [6, 6.07) is 71.4. The van der Waals surface area contributed by atoms with Crippen LogP contribution in [0.2, 0.25) is 0 Å². The monoisotopic (exact) mass is 781 g/mol. The minimum Gasteiger partial charge on any atom is -0.310 e. The third kappa shape index (κ3) is 4.95. The zero-order valence-corrected chi connectivity index (χ0v) is 34.8. The van der Waals surface area contributed by atoms with Crippen molar-refractivity contribution < 1.29 is 0 Å². The van der Waals surface area contributed by atoms with Crippen LogP contribution in [0, 0.1) is 11.8 Å². The van der Waals surface area contributed by atoms with E-state index in [1.807, 2.05) is 0 Å². The van der Waals surface area contributed by atoms with Crippen LogP contribution in [0.5, 0.6) is 0 Å². The van der Waals surface area contributed by atoms with E-state index in [1.165, 1.54) is 109 Å².